The van der Waals surface area contributed by atoms with Crippen LogP contribution in [-0.4, -0.2) is 5.91 Å². The molecule has 1 aromatic carbocycles. The van der Waals surface area contributed by atoms with Crippen LogP contribution in [0.1, 0.15) is 21.5 Å². The van der Waals surface area contributed by atoms with E-state index in [9.17, 15) is 4.79 Å². The Morgan fingerprint density at radius 1 is 1.46 bits per heavy atom. The number of amides is 1. The van der Waals surface area contributed by atoms with E-state index in [2.05, 4.69) is 5.32 Å². The first-order valence-corrected chi connectivity index (χ1v) is 3.91. The maximum atomic E-state index is 11.1. The number of halogens is 1. The van der Waals surface area contributed by atoms with Crippen molar-refractivity contribution >= 4 is 18.3 Å². The van der Waals surface area contributed by atoms with Crippen LogP contribution in [-0.2, 0) is 13.1 Å². The number of hydrogen-bond acceptors (Lipinski definition) is 2. The smallest absolute Gasteiger partial charge is 0.251 e. The Labute approximate surface area is 82.7 Å². The van der Waals surface area contributed by atoms with Crippen LogP contribution in [0.2, 0.25) is 0 Å². The highest BCUT2D eigenvalue weighted by Crippen LogP contribution is 2.16. The summed E-state index contributed by atoms with van der Waals surface area (Å²) in [5.41, 5.74) is 8.39. The van der Waals surface area contributed by atoms with Crippen LogP contribution in [0, 0.1) is 0 Å². The number of hydrogen-bond donors (Lipinski definition) is 2. The first-order valence-electron chi connectivity index (χ1n) is 3.91. The Kier molecular flexibility index (Phi) is 2.90. The molecule has 0 aliphatic carbocycles. The zero-order valence-electron chi connectivity index (χ0n) is 7.04. The molecule has 3 N–H and O–H groups in total. The van der Waals surface area contributed by atoms with Crippen LogP contribution in [0.15, 0.2) is 18.2 Å². The van der Waals surface area contributed by atoms with Crippen molar-refractivity contribution in [2.24, 2.45) is 5.73 Å². The fraction of sp³-hybridized carbons (Fsp3) is 0.222. The molecule has 1 aliphatic heterocycles. The van der Waals surface area contributed by atoms with Gasteiger partial charge in [-0.25, -0.2) is 0 Å². The minimum atomic E-state index is 0. The topological polar surface area (TPSA) is 55.1 Å². The van der Waals surface area contributed by atoms with Crippen molar-refractivity contribution < 1.29 is 4.79 Å². The predicted octanol–water partition coefficient (Wildman–Crippen LogP) is 0.811. The lowest BCUT2D eigenvalue weighted by atomic mass is 10.1. The molecule has 0 saturated heterocycles. The fourth-order valence-electron chi connectivity index (χ4n) is 1.41. The largest absolute Gasteiger partial charge is 0.348 e. The van der Waals surface area contributed by atoms with Crippen LogP contribution in [0.4, 0.5) is 0 Å². The summed E-state index contributed by atoms with van der Waals surface area (Å²) in [7, 11) is 0. The van der Waals surface area contributed by atoms with Crippen molar-refractivity contribution in [3.8, 4) is 0 Å². The highest BCUT2D eigenvalue weighted by Gasteiger charge is 2.17. The van der Waals surface area contributed by atoms with Crippen molar-refractivity contribution in [1.82, 2.24) is 5.32 Å². The zero-order valence-corrected chi connectivity index (χ0v) is 7.86. The second kappa shape index (κ2) is 3.77. The highest BCUT2D eigenvalue weighted by molar-refractivity contribution is 5.98. The minimum Gasteiger partial charge on any atom is -0.348 e. The van der Waals surface area contributed by atoms with Crippen molar-refractivity contribution in [2.75, 3.05) is 0 Å². The van der Waals surface area contributed by atoms with Crippen LogP contribution in [0.3, 0.4) is 0 Å². The van der Waals surface area contributed by atoms with Gasteiger partial charge >= 0.3 is 0 Å². The van der Waals surface area contributed by atoms with Gasteiger partial charge in [0.1, 0.15) is 0 Å². The van der Waals surface area contributed by atoms with E-state index >= 15 is 0 Å². The molecule has 1 aromatic rings. The van der Waals surface area contributed by atoms with Gasteiger partial charge in [0, 0.05) is 18.7 Å². The molecule has 1 aliphatic rings. The molecule has 1 amide bonds. The molecule has 3 nitrogen and oxygen atoms in total. The second-order valence-corrected chi connectivity index (χ2v) is 2.88. The molecule has 0 radical (unpaired) electrons. The number of nitrogens with one attached hydrogen (secondary N) is 1. The van der Waals surface area contributed by atoms with Gasteiger partial charge in [0.15, 0.2) is 0 Å². The molecule has 4 heteroatoms. The van der Waals surface area contributed by atoms with E-state index in [1.165, 1.54) is 0 Å². The molecular weight excluding hydrogens is 188 g/mol. The number of carbonyl (C=O) groups is 1. The summed E-state index contributed by atoms with van der Waals surface area (Å²) < 4.78 is 0. The molecule has 0 atom stereocenters. The molecule has 70 valence electrons. The van der Waals surface area contributed by atoms with Gasteiger partial charge in [-0.15, -0.1) is 12.4 Å². The van der Waals surface area contributed by atoms with Gasteiger partial charge in [-0.3, -0.25) is 4.79 Å². The SMILES string of the molecule is Cl.NCc1ccc2c(c1)CNC2=O. The lowest BCUT2D eigenvalue weighted by Crippen LogP contribution is -2.12. The first kappa shape index (κ1) is 10.0. The highest BCUT2D eigenvalue weighted by atomic mass is 35.5. The van der Waals surface area contributed by atoms with Crippen molar-refractivity contribution in [3.05, 3.63) is 34.9 Å². The predicted molar refractivity (Wildman–Crippen MR) is 52.8 cm³/mol. The van der Waals surface area contributed by atoms with Crippen molar-refractivity contribution in [2.45, 2.75) is 13.1 Å². The quantitative estimate of drug-likeness (QED) is 0.702. The Hall–Kier alpha value is -1.06. The van der Waals surface area contributed by atoms with E-state index in [0.717, 1.165) is 16.7 Å². The summed E-state index contributed by atoms with van der Waals surface area (Å²) in [6, 6.07) is 5.71. The van der Waals surface area contributed by atoms with Gasteiger partial charge in [-0.2, -0.15) is 0 Å². The third kappa shape index (κ3) is 1.66. The third-order valence-electron chi connectivity index (χ3n) is 2.09. The molecule has 0 spiro atoms. The number of rotatable bonds is 1. The monoisotopic (exact) mass is 198 g/mol. The van der Waals surface area contributed by atoms with Gasteiger partial charge in [-0.1, -0.05) is 12.1 Å². The minimum absolute atomic E-state index is 0. The lowest BCUT2D eigenvalue weighted by Gasteiger charge is -1.98. The number of fused-ring (bicyclic) bond motifs is 1. The van der Waals surface area contributed by atoms with Gasteiger partial charge in [0.2, 0.25) is 0 Å². The van der Waals surface area contributed by atoms with Gasteiger partial charge in [0.05, 0.1) is 0 Å². The Morgan fingerprint density at radius 2 is 2.23 bits per heavy atom. The average Bonchev–Trinajstić information content (AvgIpc) is 2.47. The third-order valence-corrected chi connectivity index (χ3v) is 2.09. The van der Waals surface area contributed by atoms with E-state index in [-0.39, 0.29) is 18.3 Å². The molecule has 2 rings (SSSR count). The maximum Gasteiger partial charge on any atom is 0.251 e. The van der Waals surface area contributed by atoms with Crippen LogP contribution >= 0.6 is 12.4 Å². The summed E-state index contributed by atoms with van der Waals surface area (Å²) in [5, 5.41) is 2.76. The first-order chi connectivity index (χ1) is 5.81. The number of nitrogens with two attached hydrogens (primary N) is 1. The number of carbonyl (C=O) groups excluding carboxylic acids is 1. The van der Waals surface area contributed by atoms with E-state index < -0.39 is 0 Å². The normalized spacial score (nSPS) is 13.2. The fourth-order valence-corrected chi connectivity index (χ4v) is 1.41. The molecule has 0 fully saturated rings. The molecule has 0 unspecified atom stereocenters. The number of benzene rings is 1. The van der Waals surface area contributed by atoms with Crippen molar-refractivity contribution in [3.63, 3.8) is 0 Å². The lowest BCUT2D eigenvalue weighted by molar-refractivity contribution is 0.0966. The van der Waals surface area contributed by atoms with Gasteiger partial charge < -0.3 is 11.1 Å². The van der Waals surface area contributed by atoms with E-state index in [4.69, 9.17) is 5.73 Å². The van der Waals surface area contributed by atoms with E-state index in [1.807, 2.05) is 18.2 Å². The average molecular weight is 199 g/mol. The molecule has 0 bridgehead atoms. The van der Waals surface area contributed by atoms with E-state index in [1.54, 1.807) is 0 Å². The summed E-state index contributed by atoms with van der Waals surface area (Å²) in [6.07, 6.45) is 0. The van der Waals surface area contributed by atoms with Crippen LogP contribution in [0.5, 0.6) is 0 Å². The maximum absolute atomic E-state index is 11.1. The Morgan fingerprint density at radius 3 is 2.92 bits per heavy atom. The zero-order chi connectivity index (χ0) is 8.55. The summed E-state index contributed by atoms with van der Waals surface area (Å²) in [6.45, 7) is 1.17. The summed E-state index contributed by atoms with van der Waals surface area (Å²) in [4.78, 5) is 11.1. The summed E-state index contributed by atoms with van der Waals surface area (Å²) >= 11 is 0. The second-order valence-electron chi connectivity index (χ2n) is 2.88. The molecule has 13 heavy (non-hydrogen) atoms. The van der Waals surface area contributed by atoms with Gasteiger partial charge in [0.25, 0.3) is 5.91 Å². The molecule has 0 aromatic heterocycles. The van der Waals surface area contributed by atoms with Crippen molar-refractivity contribution in [1.29, 1.82) is 0 Å². The van der Waals surface area contributed by atoms with E-state index in [0.29, 0.717) is 13.1 Å². The van der Waals surface area contributed by atoms with Crippen LogP contribution < -0.4 is 11.1 Å². The molecule has 1 heterocycles. The molecular formula is C9H11ClN2O. The van der Waals surface area contributed by atoms with Crippen LogP contribution in [0.25, 0.3) is 0 Å². The Balaban J connectivity index is 0.000000845. The van der Waals surface area contributed by atoms with Gasteiger partial charge in [-0.05, 0) is 17.2 Å². The standard InChI is InChI=1S/C9H10N2O.ClH/c10-4-6-1-2-8-7(3-6)5-11-9(8)12;/h1-3H,4-5,10H2,(H,11,12);1H. The Bertz CT molecular complexity index is 338. The molecule has 0 saturated carbocycles. The summed E-state index contributed by atoms with van der Waals surface area (Å²) in [5.74, 6) is 0.0218.